The Bertz CT molecular complexity index is 601. The van der Waals surface area contributed by atoms with Gasteiger partial charge < -0.3 is 10.1 Å². The van der Waals surface area contributed by atoms with E-state index in [2.05, 4.69) is 42.5 Å². The van der Waals surface area contributed by atoms with Crippen LogP contribution < -0.4 is 10.1 Å². The maximum absolute atomic E-state index is 6.05. The number of aryl methyl sites for hydroxylation is 1. The molecule has 1 aliphatic rings. The van der Waals surface area contributed by atoms with E-state index in [1.54, 1.807) is 4.68 Å². The average molecular weight is 257 g/mol. The van der Waals surface area contributed by atoms with Gasteiger partial charge in [-0.2, -0.15) is 5.10 Å². The Kier molecular flexibility index (Phi) is 2.73. The van der Waals surface area contributed by atoms with Gasteiger partial charge in [0.2, 0.25) is 0 Å². The van der Waals surface area contributed by atoms with Crippen molar-refractivity contribution in [2.75, 3.05) is 5.32 Å². The zero-order chi connectivity index (χ0) is 13.5. The number of nitrogens with one attached hydrogen (secondary N) is 1. The zero-order valence-corrected chi connectivity index (χ0v) is 11.6. The van der Waals surface area contributed by atoms with E-state index in [0.717, 1.165) is 24.5 Å². The Morgan fingerprint density at radius 1 is 1.37 bits per heavy atom. The van der Waals surface area contributed by atoms with Gasteiger partial charge in [-0.25, -0.2) is 0 Å². The lowest BCUT2D eigenvalue weighted by Crippen LogP contribution is -2.25. The molecule has 0 spiro atoms. The highest BCUT2D eigenvalue weighted by Gasteiger charge is 2.31. The third kappa shape index (κ3) is 2.43. The van der Waals surface area contributed by atoms with Gasteiger partial charge >= 0.3 is 0 Å². The van der Waals surface area contributed by atoms with Gasteiger partial charge in [0, 0.05) is 37.8 Å². The van der Waals surface area contributed by atoms with Crippen LogP contribution in [0.15, 0.2) is 30.5 Å². The summed E-state index contributed by atoms with van der Waals surface area (Å²) in [6, 6.07) is 8.32. The molecule has 3 rings (SSSR count). The fraction of sp³-hybridized carbons (Fsp3) is 0.400. The molecule has 4 heteroatoms. The Morgan fingerprint density at radius 3 is 2.95 bits per heavy atom. The molecule has 0 saturated carbocycles. The number of para-hydroxylation sites is 1. The van der Waals surface area contributed by atoms with Crippen LogP contribution in [0.1, 0.15) is 25.0 Å². The van der Waals surface area contributed by atoms with Crippen molar-refractivity contribution in [3.8, 4) is 5.75 Å². The Morgan fingerprint density at radius 2 is 2.21 bits per heavy atom. The molecule has 2 heterocycles. The normalized spacial score (nSPS) is 15.9. The first-order chi connectivity index (χ1) is 9.03. The van der Waals surface area contributed by atoms with Gasteiger partial charge in [-0.15, -0.1) is 0 Å². The van der Waals surface area contributed by atoms with Gasteiger partial charge in [0.15, 0.2) is 0 Å². The van der Waals surface area contributed by atoms with Crippen molar-refractivity contribution in [1.29, 1.82) is 0 Å². The number of ether oxygens (including phenoxy) is 1. The molecular weight excluding hydrogens is 238 g/mol. The number of hydrogen-bond acceptors (Lipinski definition) is 3. The molecule has 0 fully saturated rings. The first-order valence-electron chi connectivity index (χ1n) is 6.57. The monoisotopic (exact) mass is 257 g/mol. The van der Waals surface area contributed by atoms with Crippen molar-refractivity contribution in [2.24, 2.45) is 7.05 Å². The molecule has 1 aromatic heterocycles. The smallest absolute Gasteiger partial charge is 0.148 e. The second-order valence-corrected chi connectivity index (χ2v) is 5.67. The highest BCUT2D eigenvalue weighted by molar-refractivity contribution is 5.47. The predicted octanol–water partition coefficient (Wildman–Crippen LogP) is 2.75. The van der Waals surface area contributed by atoms with Crippen LogP contribution in [-0.4, -0.2) is 15.4 Å². The molecule has 1 aliphatic heterocycles. The van der Waals surface area contributed by atoms with Gasteiger partial charge in [-0.05, 0) is 19.4 Å². The number of nitrogens with zero attached hydrogens (tertiary/aromatic N) is 2. The summed E-state index contributed by atoms with van der Waals surface area (Å²) >= 11 is 0. The van der Waals surface area contributed by atoms with E-state index in [-0.39, 0.29) is 5.60 Å². The predicted molar refractivity (Wildman–Crippen MR) is 75.4 cm³/mol. The second-order valence-electron chi connectivity index (χ2n) is 5.67. The molecule has 1 aromatic carbocycles. The van der Waals surface area contributed by atoms with Crippen LogP contribution in [0.25, 0.3) is 0 Å². The Labute approximate surface area is 113 Å². The minimum Gasteiger partial charge on any atom is -0.487 e. The lowest BCUT2D eigenvalue weighted by Gasteiger charge is -2.18. The Hall–Kier alpha value is -1.97. The first-order valence-corrected chi connectivity index (χ1v) is 6.57. The first kappa shape index (κ1) is 12.1. The molecule has 0 atom stereocenters. The maximum Gasteiger partial charge on any atom is 0.148 e. The van der Waals surface area contributed by atoms with Crippen LogP contribution in [0, 0.1) is 0 Å². The van der Waals surface area contributed by atoms with E-state index in [4.69, 9.17) is 4.74 Å². The van der Waals surface area contributed by atoms with E-state index in [1.807, 2.05) is 19.3 Å². The van der Waals surface area contributed by atoms with Crippen LogP contribution >= 0.6 is 0 Å². The number of anilines is 1. The second kappa shape index (κ2) is 4.30. The summed E-state index contributed by atoms with van der Waals surface area (Å²) in [7, 11) is 1.91. The van der Waals surface area contributed by atoms with E-state index in [0.29, 0.717) is 0 Å². The summed E-state index contributed by atoms with van der Waals surface area (Å²) in [4.78, 5) is 0. The highest BCUT2D eigenvalue weighted by atomic mass is 16.5. The Balaban J connectivity index is 1.78. The maximum atomic E-state index is 6.05. The molecule has 0 radical (unpaired) electrons. The number of rotatable bonds is 3. The minimum atomic E-state index is -0.0938. The molecule has 4 nitrogen and oxygen atoms in total. The summed E-state index contributed by atoms with van der Waals surface area (Å²) in [5.74, 6) is 1.92. The van der Waals surface area contributed by atoms with Crippen molar-refractivity contribution in [2.45, 2.75) is 32.4 Å². The summed E-state index contributed by atoms with van der Waals surface area (Å²) in [5.41, 5.74) is 2.39. The molecule has 2 aromatic rings. The van der Waals surface area contributed by atoms with Crippen molar-refractivity contribution < 1.29 is 4.74 Å². The van der Waals surface area contributed by atoms with Crippen molar-refractivity contribution in [3.63, 3.8) is 0 Å². The molecule has 19 heavy (non-hydrogen) atoms. The molecule has 100 valence electrons. The standard InChI is InChI=1S/C15H19N3O/c1-15(2)9-11-5-4-6-12(14(11)19-15)10-16-13-7-8-18(3)17-13/h4-8H,9-10H2,1-3H3,(H,16,17). The van der Waals surface area contributed by atoms with E-state index < -0.39 is 0 Å². The summed E-state index contributed by atoms with van der Waals surface area (Å²) in [6.45, 7) is 4.99. The molecular formula is C15H19N3O. The fourth-order valence-corrected chi connectivity index (χ4v) is 2.51. The van der Waals surface area contributed by atoms with Gasteiger partial charge in [0.05, 0.1) is 0 Å². The van der Waals surface area contributed by atoms with Crippen LogP contribution in [0.2, 0.25) is 0 Å². The number of aromatic nitrogens is 2. The molecule has 0 amide bonds. The highest BCUT2D eigenvalue weighted by Crippen LogP contribution is 2.37. The molecule has 0 aliphatic carbocycles. The number of benzene rings is 1. The molecule has 0 unspecified atom stereocenters. The molecule has 0 bridgehead atoms. The van der Waals surface area contributed by atoms with Crippen LogP contribution in [-0.2, 0) is 20.0 Å². The van der Waals surface area contributed by atoms with Crippen LogP contribution in [0.4, 0.5) is 5.82 Å². The van der Waals surface area contributed by atoms with Gasteiger partial charge in [0.1, 0.15) is 17.2 Å². The zero-order valence-electron chi connectivity index (χ0n) is 11.6. The van der Waals surface area contributed by atoms with Crippen LogP contribution in [0.3, 0.4) is 0 Å². The lowest BCUT2D eigenvalue weighted by molar-refractivity contribution is 0.137. The molecule has 0 saturated heterocycles. The largest absolute Gasteiger partial charge is 0.487 e. The van der Waals surface area contributed by atoms with Crippen molar-refractivity contribution in [1.82, 2.24) is 9.78 Å². The summed E-state index contributed by atoms with van der Waals surface area (Å²) in [6.07, 6.45) is 2.90. The summed E-state index contributed by atoms with van der Waals surface area (Å²) in [5, 5.41) is 7.64. The lowest BCUT2D eigenvalue weighted by atomic mass is 10.0. The van der Waals surface area contributed by atoms with E-state index in [9.17, 15) is 0 Å². The quantitative estimate of drug-likeness (QED) is 0.919. The fourth-order valence-electron chi connectivity index (χ4n) is 2.51. The third-order valence-corrected chi connectivity index (χ3v) is 3.35. The number of hydrogen-bond donors (Lipinski definition) is 1. The van der Waals surface area contributed by atoms with E-state index in [1.165, 1.54) is 11.1 Å². The van der Waals surface area contributed by atoms with Gasteiger partial charge in [-0.1, -0.05) is 18.2 Å². The van der Waals surface area contributed by atoms with Crippen LogP contribution in [0.5, 0.6) is 5.75 Å². The number of fused-ring (bicyclic) bond motifs is 1. The third-order valence-electron chi connectivity index (χ3n) is 3.35. The van der Waals surface area contributed by atoms with Crippen molar-refractivity contribution in [3.05, 3.63) is 41.6 Å². The average Bonchev–Trinajstić information content (AvgIpc) is 2.88. The SMILES string of the molecule is Cn1ccc(NCc2cccc3c2OC(C)(C)C3)n1. The van der Waals surface area contributed by atoms with E-state index >= 15 is 0 Å². The topological polar surface area (TPSA) is 39.1 Å². The summed E-state index contributed by atoms with van der Waals surface area (Å²) < 4.78 is 7.84. The van der Waals surface area contributed by atoms with Crippen molar-refractivity contribution >= 4 is 5.82 Å². The minimum absolute atomic E-state index is 0.0938. The van der Waals surface area contributed by atoms with Gasteiger partial charge in [0.25, 0.3) is 0 Å². The molecule has 1 N–H and O–H groups in total. The van der Waals surface area contributed by atoms with Gasteiger partial charge in [-0.3, -0.25) is 4.68 Å².